The summed E-state index contributed by atoms with van der Waals surface area (Å²) in [5.41, 5.74) is 4.45. The Kier molecular flexibility index (Phi) is 6.88. The van der Waals surface area contributed by atoms with Crippen LogP contribution in [0.3, 0.4) is 0 Å². The van der Waals surface area contributed by atoms with Crippen molar-refractivity contribution in [3.05, 3.63) is 59.7 Å². The minimum Gasteiger partial charge on any atom is -0.481 e. The lowest BCUT2D eigenvalue weighted by Gasteiger charge is -2.28. The molecule has 2 N–H and O–H groups in total. The number of aliphatic carboxylic acids is 1. The van der Waals surface area contributed by atoms with Crippen LogP contribution in [0.1, 0.15) is 30.9 Å². The molecule has 0 spiro atoms. The monoisotopic (exact) mass is 466 g/mol. The Bertz CT molecular complexity index is 1040. The van der Waals surface area contributed by atoms with E-state index < -0.39 is 30.1 Å². The maximum absolute atomic E-state index is 13.2. The van der Waals surface area contributed by atoms with Crippen molar-refractivity contribution in [1.29, 1.82) is 0 Å². The molecule has 2 aromatic rings. The smallest absolute Gasteiger partial charge is 0.407 e. The lowest BCUT2D eigenvalue weighted by molar-refractivity contribution is -0.142. The zero-order valence-corrected chi connectivity index (χ0v) is 19.6. The molecule has 4 atom stereocenters. The molecule has 8 heteroatoms. The van der Waals surface area contributed by atoms with E-state index >= 15 is 0 Å². The molecule has 8 nitrogen and oxygen atoms in total. The van der Waals surface area contributed by atoms with Gasteiger partial charge in [0.2, 0.25) is 5.91 Å². The van der Waals surface area contributed by atoms with Gasteiger partial charge in [-0.2, -0.15) is 0 Å². The highest BCUT2D eigenvalue weighted by atomic mass is 16.5. The van der Waals surface area contributed by atoms with Crippen LogP contribution in [0.2, 0.25) is 0 Å². The van der Waals surface area contributed by atoms with Crippen LogP contribution in [0.4, 0.5) is 4.79 Å². The quantitative estimate of drug-likeness (QED) is 0.650. The Morgan fingerprint density at radius 1 is 1.06 bits per heavy atom. The molecule has 0 saturated carbocycles. The predicted molar refractivity (Wildman–Crippen MR) is 125 cm³/mol. The molecule has 2 amide bonds. The number of alkyl carbamates (subject to hydrolysis) is 1. The van der Waals surface area contributed by atoms with E-state index in [0.717, 1.165) is 22.3 Å². The molecule has 4 rings (SSSR count). The van der Waals surface area contributed by atoms with Crippen LogP contribution in [0.15, 0.2) is 48.5 Å². The molecular weight excluding hydrogens is 436 g/mol. The second-order valence-electron chi connectivity index (χ2n) is 9.05. The van der Waals surface area contributed by atoms with Crippen LogP contribution < -0.4 is 5.32 Å². The van der Waals surface area contributed by atoms with E-state index in [4.69, 9.17) is 9.47 Å². The fourth-order valence-corrected chi connectivity index (χ4v) is 4.95. The molecule has 180 valence electrons. The van der Waals surface area contributed by atoms with Crippen LogP contribution in [-0.2, 0) is 19.1 Å². The Balaban J connectivity index is 1.43. The average Bonchev–Trinajstić information content (AvgIpc) is 3.38. The summed E-state index contributed by atoms with van der Waals surface area (Å²) < 4.78 is 10.9. The van der Waals surface area contributed by atoms with E-state index in [1.54, 1.807) is 13.8 Å². The molecule has 0 bridgehead atoms. The number of hydrogen-bond acceptors (Lipinski definition) is 5. The van der Waals surface area contributed by atoms with Gasteiger partial charge in [-0.1, -0.05) is 55.5 Å². The largest absolute Gasteiger partial charge is 0.481 e. The van der Waals surface area contributed by atoms with Crippen molar-refractivity contribution >= 4 is 18.0 Å². The van der Waals surface area contributed by atoms with Gasteiger partial charge in [0.1, 0.15) is 12.6 Å². The third-order valence-corrected chi connectivity index (χ3v) is 6.97. The van der Waals surface area contributed by atoms with Gasteiger partial charge in [-0.15, -0.1) is 0 Å². The number of rotatable bonds is 7. The molecule has 0 unspecified atom stereocenters. The molecule has 1 aliphatic carbocycles. The van der Waals surface area contributed by atoms with Crippen molar-refractivity contribution in [2.75, 3.05) is 26.8 Å². The van der Waals surface area contributed by atoms with E-state index in [1.807, 2.05) is 36.4 Å². The summed E-state index contributed by atoms with van der Waals surface area (Å²) in [5, 5.41) is 12.0. The van der Waals surface area contributed by atoms with E-state index in [9.17, 15) is 19.5 Å². The highest BCUT2D eigenvalue weighted by molar-refractivity contribution is 5.87. The zero-order valence-electron chi connectivity index (χ0n) is 19.6. The number of ether oxygens (including phenoxy) is 2. The van der Waals surface area contributed by atoms with E-state index in [1.165, 1.54) is 12.0 Å². The normalized spacial score (nSPS) is 20.9. The van der Waals surface area contributed by atoms with E-state index in [-0.39, 0.29) is 30.9 Å². The van der Waals surface area contributed by atoms with Crippen LogP contribution in [0.25, 0.3) is 11.1 Å². The molecule has 1 saturated heterocycles. The fraction of sp³-hybridized carbons (Fsp3) is 0.423. The minimum atomic E-state index is -0.986. The summed E-state index contributed by atoms with van der Waals surface area (Å²) in [6.07, 6.45) is -1.33. The van der Waals surface area contributed by atoms with Gasteiger partial charge in [-0.3, -0.25) is 9.59 Å². The van der Waals surface area contributed by atoms with Gasteiger partial charge in [-0.05, 0) is 35.1 Å². The maximum Gasteiger partial charge on any atom is 0.407 e. The third-order valence-electron chi connectivity index (χ3n) is 6.97. The third kappa shape index (κ3) is 4.50. The topological polar surface area (TPSA) is 105 Å². The number of nitrogens with one attached hydrogen (secondary N) is 1. The average molecular weight is 467 g/mol. The first-order valence-corrected chi connectivity index (χ1v) is 11.5. The summed E-state index contributed by atoms with van der Waals surface area (Å²) in [4.78, 5) is 38.9. The number of nitrogens with zero attached hydrogens (tertiary/aromatic N) is 1. The van der Waals surface area contributed by atoms with Crippen molar-refractivity contribution in [3.8, 4) is 11.1 Å². The number of carboxylic acids is 1. The zero-order chi connectivity index (χ0) is 24.4. The Morgan fingerprint density at radius 2 is 1.65 bits per heavy atom. The Morgan fingerprint density at radius 3 is 2.18 bits per heavy atom. The number of likely N-dealkylation sites (tertiary alicyclic amines) is 1. The molecule has 1 aliphatic heterocycles. The van der Waals surface area contributed by atoms with Crippen LogP contribution in [0, 0.1) is 11.8 Å². The Labute approximate surface area is 198 Å². The number of hydrogen-bond donors (Lipinski definition) is 2. The molecule has 1 fully saturated rings. The maximum atomic E-state index is 13.2. The van der Waals surface area contributed by atoms with Crippen molar-refractivity contribution in [2.24, 2.45) is 11.8 Å². The van der Waals surface area contributed by atoms with Crippen molar-refractivity contribution < 1.29 is 29.0 Å². The van der Waals surface area contributed by atoms with Gasteiger partial charge in [0.05, 0.1) is 12.0 Å². The van der Waals surface area contributed by atoms with Gasteiger partial charge in [0, 0.05) is 26.1 Å². The lowest BCUT2D eigenvalue weighted by Crippen LogP contribution is -2.54. The standard InChI is InChI=1S/C26H30N2O6/c1-15-12-28(13-21(15)25(30)31)24(29)23(16(2)33-3)27-26(32)34-14-22-19-10-6-4-8-17(19)18-9-5-7-11-20(18)22/h4-11,15-16,21-23H,12-14H2,1-3H3,(H,27,32)(H,30,31)/t15-,16-,21-,23+/m1/s1. The second kappa shape index (κ2) is 9.85. The predicted octanol–water partition coefficient (Wildman–Crippen LogP) is 3.11. The van der Waals surface area contributed by atoms with Crippen molar-refractivity contribution in [2.45, 2.75) is 31.9 Å². The minimum absolute atomic E-state index is 0.0945. The van der Waals surface area contributed by atoms with Gasteiger partial charge in [0.25, 0.3) is 0 Å². The van der Waals surface area contributed by atoms with Gasteiger partial charge in [0.15, 0.2) is 0 Å². The summed E-state index contributed by atoms with van der Waals surface area (Å²) in [6, 6.07) is 15.1. The summed E-state index contributed by atoms with van der Waals surface area (Å²) in [6.45, 7) is 4.04. The SMILES string of the molecule is CO[C@H](C)[C@H](NC(=O)OCC1c2ccccc2-c2ccccc21)C(=O)N1C[C@@H](C)[C@H](C(=O)O)C1. The number of methoxy groups -OCH3 is 1. The summed E-state index contributed by atoms with van der Waals surface area (Å²) >= 11 is 0. The van der Waals surface area contributed by atoms with Crippen molar-refractivity contribution in [1.82, 2.24) is 10.2 Å². The number of amides is 2. The highest BCUT2D eigenvalue weighted by Crippen LogP contribution is 2.44. The van der Waals surface area contributed by atoms with Crippen LogP contribution in [0.5, 0.6) is 0 Å². The molecule has 2 aromatic carbocycles. The number of benzene rings is 2. The van der Waals surface area contributed by atoms with Gasteiger partial charge >= 0.3 is 12.1 Å². The molecule has 0 aromatic heterocycles. The second-order valence-corrected chi connectivity index (χ2v) is 9.05. The number of carboxylic acid groups (broad SMARTS) is 1. The van der Waals surface area contributed by atoms with Gasteiger partial charge < -0.3 is 24.8 Å². The van der Waals surface area contributed by atoms with Crippen LogP contribution >= 0.6 is 0 Å². The Hall–Kier alpha value is -3.39. The van der Waals surface area contributed by atoms with E-state index in [0.29, 0.717) is 6.54 Å². The first-order valence-electron chi connectivity index (χ1n) is 11.5. The molecule has 1 heterocycles. The van der Waals surface area contributed by atoms with Gasteiger partial charge in [-0.25, -0.2) is 4.79 Å². The summed E-state index contributed by atoms with van der Waals surface area (Å²) in [5.74, 6) is -2.20. The number of carbonyl (C=O) groups excluding carboxylic acids is 2. The molecular formula is C26H30N2O6. The number of fused-ring (bicyclic) bond motifs is 3. The first-order chi connectivity index (χ1) is 16.3. The molecule has 0 radical (unpaired) electrons. The lowest BCUT2D eigenvalue weighted by atomic mass is 9.98. The van der Waals surface area contributed by atoms with E-state index in [2.05, 4.69) is 17.4 Å². The van der Waals surface area contributed by atoms with Crippen LogP contribution in [-0.4, -0.2) is 66.9 Å². The fourth-order valence-electron chi connectivity index (χ4n) is 4.95. The summed E-state index contributed by atoms with van der Waals surface area (Å²) in [7, 11) is 1.46. The molecule has 34 heavy (non-hydrogen) atoms. The van der Waals surface area contributed by atoms with Crippen molar-refractivity contribution in [3.63, 3.8) is 0 Å². The number of carbonyl (C=O) groups is 3. The molecule has 2 aliphatic rings. The first kappa shape index (κ1) is 23.8. The highest BCUT2D eigenvalue weighted by Gasteiger charge is 2.41.